The molecule has 0 unspecified atom stereocenters. The minimum atomic E-state index is -0.322. The zero-order chi connectivity index (χ0) is 18.3. The molecule has 1 aliphatic carbocycles. The molecule has 1 heterocycles. The zero-order valence-corrected chi connectivity index (χ0v) is 15.1. The summed E-state index contributed by atoms with van der Waals surface area (Å²) in [6.45, 7) is 0. The largest absolute Gasteiger partial charge is 0.338 e. The van der Waals surface area contributed by atoms with Crippen LogP contribution in [-0.4, -0.2) is 15.6 Å². The Balaban J connectivity index is 1.81. The molecule has 0 atom stereocenters. The van der Waals surface area contributed by atoms with Crippen LogP contribution in [-0.2, 0) is 6.42 Å². The summed E-state index contributed by atoms with van der Waals surface area (Å²) in [6.07, 6.45) is 1.97. The molecular weight excluding hydrogens is 376 g/mol. The quantitative estimate of drug-likeness (QED) is 0.635. The Morgan fingerprint density at radius 3 is 2.42 bits per heavy atom. The average Bonchev–Trinajstić information content (AvgIpc) is 2.94. The van der Waals surface area contributed by atoms with Crippen LogP contribution in [0.5, 0.6) is 0 Å². The summed E-state index contributed by atoms with van der Waals surface area (Å²) < 4.78 is 14.9. The highest BCUT2D eigenvalue weighted by atomic mass is 35.5. The molecule has 3 aromatic rings. The summed E-state index contributed by atoms with van der Waals surface area (Å²) in [4.78, 5) is 12.5. The van der Waals surface area contributed by atoms with E-state index in [-0.39, 0.29) is 11.6 Å². The van der Waals surface area contributed by atoms with Gasteiger partial charge in [0, 0.05) is 22.2 Å². The third-order valence-corrected chi connectivity index (χ3v) is 4.71. The number of fused-ring (bicyclic) bond motifs is 1. The fraction of sp³-hybridized carbons (Fsp3) is 0.158. The number of anilines is 2. The maximum Gasteiger partial charge on any atom is 0.168 e. The van der Waals surface area contributed by atoms with E-state index in [0.717, 1.165) is 18.5 Å². The zero-order valence-electron chi connectivity index (χ0n) is 13.6. The number of halogens is 3. The van der Waals surface area contributed by atoms with Gasteiger partial charge in [0.25, 0.3) is 0 Å². The van der Waals surface area contributed by atoms with Gasteiger partial charge in [-0.25, -0.2) is 9.07 Å². The van der Waals surface area contributed by atoms with Crippen molar-refractivity contribution < 1.29 is 9.18 Å². The molecular formula is C19H14Cl2FN3O. The number of benzene rings is 2. The van der Waals surface area contributed by atoms with Crippen molar-refractivity contribution >= 4 is 40.5 Å². The Kier molecular flexibility index (Phi) is 4.42. The first-order valence-corrected chi connectivity index (χ1v) is 8.91. The molecule has 0 fully saturated rings. The Hall–Kier alpha value is -2.37. The predicted molar refractivity (Wildman–Crippen MR) is 101 cm³/mol. The molecule has 0 saturated carbocycles. The third kappa shape index (κ3) is 3.20. The van der Waals surface area contributed by atoms with E-state index >= 15 is 0 Å². The van der Waals surface area contributed by atoms with Crippen LogP contribution in [0, 0.1) is 5.82 Å². The number of hydrogen-bond acceptors (Lipinski definition) is 3. The normalized spacial score (nSPS) is 13.6. The highest BCUT2D eigenvalue weighted by Crippen LogP contribution is 2.33. The van der Waals surface area contributed by atoms with Gasteiger partial charge in [0.2, 0.25) is 0 Å². The number of hydrogen-bond donors (Lipinski definition) is 1. The van der Waals surface area contributed by atoms with Crippen molar-refractivity contribution in [3.63, 3.8) is 0 Å². The SMILES string of the molecule is O=C1CCCc2c1c(Nc1cc(Cl)cc(Cl)c1)nn2-c1ccc(F)cc1. The Labute approximate surface area is 159 Å². The van der Waals surface area contributed by atoms with Gasteiger partial charge in [-0.3, -0.25) is 4.79 Å². The number of carbonyl (C=O) groups excluding carboxylic acids is 1. The highest BCUT2D eigenvalue weighted by molar-refractivity contribution is 6.35. The van der Waals surface area contributed by atoms with E-state index < -0.39 is 0 Å². The molecule has 0 radical (unpaired) electrons. The Morgan fingerprint density at radius 1 is 1.04 bits per heavy atom. The number of nitrogens with one attached hydrogen (secondary N) is 1. The number of ketones is 1. The van der Waals surface area contributed by atoms with E-state index in [1.807, 2.05) is 0 Å². The first-order chi connectivity index (χ1) is 12.5. The standard InChI is InChI=1S/C19H14Cl2FN3O/c20-11-8-12(21)10-14(9-11)23-19-18-16(2-1-3-17(18)26)25(24-19)15-6-4-13(22)5-7-15/h4-10H,1-3H2,(H,23,24). The van der Waals surface area contributed by atoms with Gasteiger partial charge in [0.05, 0.1) is 16.9 Å². The second-order valence-corrected chi connectivity index (χ2v) is 6.99. The molecule has 0 amide bonds. The van der Waals surface area contributed by atoms with E-state index in [1.165, 1.54) is 12.1 Å². The predicted octanol–water partition coefficient (Wildman–Crippen LogP) is 5.58. The third-order valence-electron chi connectivity index (χ3n) is 4.27. The lowest BCUT2D eigenvalue weighted by atomic mass is 9.95. The van der Waals surface area contributed by atoms with E-state index in [2.05, 4.69) is 10.4 Å². The number of rotatable bonds is 3. The molecule has 0 saturated heterocycles. The van der Waals surface area contributed by atoms with Gasteiger partial charge in [-0.05, 0) is 55.3 Å². The minimum absolute atomic E-state index is 0.0373. The topological polar surface area (TPSA) is 46.9 Å². The van der Waals surface area contributed by atoms with Crippen LogP contribution in [0.1, 0.15) is 28.9 Å². The van der Waals surface area contributed by atoms with Crippen molar-refractivity contribution in [2.45, 2.75) is 19.3 Å². The maximum atomic E-state index is 13.3. The number of aromatic nitrogens is 2. The van der Waals surface area contributed by atoms with Crippen LogP contribution in [0.4, 0.5) is 15.9 Å². The Bertz CT molecular complexity index is 979. The highest BCUT2D eigenvalue weighted by Gasteiger charge is 2.27. The lowest BCUT2D eigenvalue weighted by Gasteiger charge is -2.13. The van der Waals surface area contributed by atoms with Crippen LogP contribution < -0.4 is 5.32 Å². The summed E-state index contributed by atoms with van der Waals surface area (Å²) in [5.41, 5.74) is 2.74. The molecule has 26 heavy (non-hydrogen) atoms. The van der Waals surface area contributed by atoms with Crippen LogP contribution in [0.3, 0.4) is 0 Å². The molecule has 0 aliphatic heterocycles. The number of Topliss-reactive ketones (excluding diaryl/α,β-unsaturated/α-hetero) is 1. The smallest absolute Gasteiger partial charge is 0.168 e. The van der Waals surface area contributed by atoms with E-state index in [9.17, 15) is 9.18 Å². The first-order valence-electron chi connectivity index (χ1n) is 8.15. The van der Waals surface area contributed by atoms with Gasteiger partial charge in [-0.1, -0.05) is 23.2 Å². The second-order valence-electron chi connectivity index (χ2n) is 6.12. The molecule has 132 valence electrons. The number of nitrogens with zero attached hydrogens (tertiary/aromatic N) is 2. The van der Waals surface area contributed by atoms with Gasteiger partial charge in [0.1, 0.15) is 5.82 Å². The summed E-state index contributed by atoms with van der Waals surface area (Å²) in [6, 6.07) is 11.1. The van der Waals surface area contributed by atoms with Crippen molar-refractivity contribution in [3.8, 4) is 5.69 Å². The van der Waals surface area contributed by atoms with Gasteiger partial charge in [-0.15, -0.1) is 5.10 Å². The molecule has 1 aliphatic rings. The van der Waals surface area contributed by atoms with Crippen molar-refractivity contribution in [3.05, 3.63) is 69.6 Å². The van der Waals surface area contributed by atoms with E-state index in [1.54, 1.807) is 35.0 Å². The molecule has 0 bridgehead atoms. The summed E-state index contributed by atoms with van der Waals surface area (Å²) in [7, 11) is 0. The van der Waals surface area contributed by atoms with Crippen LogP contribution in [0.2, 0.25) is 10.0 Å². The first kappa shape index (κ1) is 17.1. The Morgan fingerprint density at radius 2 is 1.73 bits per heavy atom. The molecule has 1 N–H and O–H groups in total. The average molecular weight is 390 g/mol. The van der Waals surface area contributed by atoms with Crippen LogP contribution in [0.15, 0.2) is 42.5 Å². The van der Waals surface area contributed by atoms with E-state index in [4.69, 9.17) is 23.2 Å². The van der Waals surface area contributed by atoms with Gasteiger partial charge in [0.15, 0.2) is 11.6 Å². The summed E-state index contributed by atoms with van der Waals surface area (Å²) in [5, 5.41) is 8.69. The van der Waals surface area contributed by atoms with Crippen LogP contribution in [0.25, 0.3) is 5.69 Å². The van der Waals surface area contributed by atoms with Gasteiger partial charge in [-0.2, -0.15) is 0 Å². The molecule has 4 rings (SSSR count). The number of carbonyl (C=O) groups is 1. The molecule has 1 aromatic heterocycles. The van der Waals surface area contributed by atoms with Crippen molar-refractivity contribution in [2.75, 3.05) is 5.32 Å². The monoisotopic (exact) mass is 389 g/mol. The van der Waals surface area contributed by atoms with Gasteiger partial charge < -0.3 is 5.32 Å². The lowest BCUT2D eigenvalue weighted by Crippen LogP contribution is -2.13. The maximum absolute atomic E-state index is 13.3. The van der Waals surface area contributed by atoms with Crippen molar-refractivity contribution in [2.24, 2.45) is 0 Å². The minimum Gasteiger partial charge on any atom is -0.338 e. The van der Waals surface area contributed by atoms with Crippen molar-refractivity contribution in [1.29, 1.82) is 0 Å². The molecule has 7 heteroatoms. The van der Waals surface area contributed by atoms with E-state index in [0.29, 0.717) is 39.2 Å². The molecule has 4 nitrogen and oxygen atoms in total. The van der Waals surface area contributed by atoms with Crippen LogP contribution >= 0.6 is 23.2 Å². The van der Waals surface area contributed by atoms with Crippen molar-refractivity contribution in [1.82, 2.24) is 9.78 Å². The fourth-order valence-electron chi connectivity index (χ4n) is 3.16. The summed E-state index contributed by atoms with van der Waals surface area (Å²) in [5.74, 6) is 0.167. The van der Waals surface area contributed by atoms with Gasteiger partial charge >= 0.3 is 0 Å². The second kappa shape index (κ2) is 6.74. The summed E-state index contributed by atoms with van der Waals surface area (Å²) >= 11 is 12.1. The fourth-order valence-corrected chi connectivity index (χ4v) is 3.69. The lowest BCUT2D eigenvalue weighted by molar-refractivity contribution is 0.0973. The molecule has 2 aromatic carbocycles. The molecule has 0 spiro atoms.